The Kier molecular flexibility index (Phi) is 2.94. The van der Waals surface area contributed by atoms with Gasteiger partial charge in [0, 0.05) is 44.0 Å². The van der Waals surface area contributed by atoms with E-state index in [1.54, 1.807) is 4.90 Å². The number of piperazine rings is 1. The summed E-state index contributed by atoms with van der Waals surface area (Å²) in [6.45, 7) is 4.58. The molecule has 2 fully saturated rings. The number of anilines is 2. The molecule has 0 bridgehead atoms. The molecule has 5 nitrogen and oxygen atoms in total. The Hall–Kier alpha value is -1.59. The summed E-state index contributed by atoms with van der Waals surface area (Å²) >= 11 is 0. The summed E-state index contributed by atoms with van der Waals surface area (Å²) in [6.07, 6.45) is 2.64. The van der Waals surface area contributed by atoms with Gasteiger partial charge in [-0.2, -0.15) is 0 Å². The summed E-state index contributed by atoms with van der Waals surface area (Å²) in [6, 6.07) is 6.48. The van der Waals surface area contributed by atoms with Crippen LogP contribution in [-0.2, 0) is 4.79 Å². The van der Waals surface area contributed by atoms with E-state index in [-0.39, 0.29) is 5.91 Å². The summed E-state index contributed by atoms with van der Waals surface area (Å²) in [5.74, 6) is -0.0113. The summed E-state index contributed by atoms with van der Waals surface area (Å²) in [5, 5.41) is 0. The zero-order chi connectivity index (χ0) is 14.6. The average Bonchev–Trinajstić information content (AvgIpc) is 3.06. The van der Waals surface area contributed by atoms with E-state index in [9.17, 15) is 4.79 Å². The van der Waals surface area contributed by atoms with Gasteiger partial charge in [-0.1, -0.05) is 6.07 Å². The molecule has 2 saturated heterocycles. The van der Waals surface area contributed by atoms with E-state index < -0.39 is 6.04 Å². The van der Waals surface area contributed by atoms with Gasteiger partial charge in [0.15, 0.2) is 0 Å². The van der Waals surface area contributed by atoms with Gasteiger partial charge < -0.3 is 15.5 Å². The van der Waals surface area contributed by atoms with Gasteiger partial charge in [0.05, 0.1) is 5.69 Å². The standard InChI is InChI=1S/C16H22N4O/c1-18-14-9-11(4-5-13(14)15(17)16(18)21)20-8-7-19-6-2-3-12(19)10-20/h4-5,9,12,15H,2-3,6-8,10,17H2,1H3. The molecule has 1 aromatic rings. The van der Waals surface area contributed by atoms with E-state index in [0.29, 0.717) is 6.04 Å². The lowest BCUT2D eigenvalue weighted by atomic mass is 10.1. The third-order valence-electron chi connectivity index (χ3n) is 5.26. The van der Waals surface area contributed by atoms with Crippen LogP contribution in [0, 0.1) is 0 Å². The summed E-state index contributed by atoms with van der Waals surface area (Å²) in [4.78, 5) is 18.7. The maximum Gasteiger partial charge on any atom is 0.248 e. The maximum absolute atomic E-state index is 12.0. The first-order chi connectivity index (χ1) is 10.1. The highest BCUT2D eigenvalue weighted by Gasteiger charge is 2.34. The second-order valence-corrected chi connectivity index (χ2v) is 6.40. The van der Waals surface area contributed by atoms with Gasteiger partial charge >= 0.3 is 0 Å². The highest BCUT2D eigenvalue weighted by atomic mass is 16.2. The number of amides is 1. The van der Waals surface area contributed by atoms with Crippen molar-refractivity contribution in [3.8, 4) is 0 Å². The van der Waals surface area contributed by atoms with Gasteiger partial charge in [-0.25, -0.2) is 0 Å². The fourth-order valence-electron chi connectivity index (χ4n) is 3.97. The van der Waals surface area contributed by atoms with Gasteiger partial charge in [0.25, 0.3) is 0 Å². The number of fused-ring (bicyclic) bond motifs is 2. The van der Waals surface area contributed by atoms with Crippen molar-refractivity contribution < 1.29 is 4.79 Å². The molecule has 3 aliphatic rings. The quantitative estimate of drug-likeness (QED) is 0.835. The number of hydrogen-bond acceptors (Lipinski definition) is 4. The highest BCUT2D eigenvalue weighted by Crippen LogP contribution is 2.37. The van der Waals surface area contributed by atoms with Crippen molar-refractivity contribution in [1.29, 1.82) is 0 Å². The van der Waals surface area contributed by atoms with Crippen LogP contribution in [0.15, 0.2) is 18.2 Å². The molecule has 0 aliphatic carbocycles. The van der Waals surface area contributed by atoms with Crippen molar-refractivity contribution in [3.63, 3.8) is 0 Å². The number of likely N-dealkylation sites (N-methyl/N-ethyl adjacent to an activating group) is 1. The van der Waals surface area contributed by atoms with Crippen LogP contribution in [0.4, 0.5) is 11.4 Å². The van der Waals surface area contributed by atoms with Crippen molar-refractivity contribution in [1.82, 2.24) is 4.90 Å². The molecule has 112 valence electrons. The number of benzene rings is 1. The normalized spacial score (nSPS) is 29.0. The number of carbonyl (C=O) groups excluding carboxylic acids is 1. The van der Waals surface area contributed by atoms with Gasteiger partial charge in [0.2, 0.25) is 5.91 Å². The van der Waals surface area contributed by atoms with E-state index in [0.717, 1.165) is 30.9 Å². The van der Waals surface area contributed by atoms with E-state index in [1.165, 1.54) is 25.1 Å². The minimum Gasteiger partial charge on any atom is -0.369 e. The van der Waals surface area contributed by atoms with E-state index in [2.05, 4.69) is 21.9 Å². The van der Waals surface area contributed by atoms with Crippen LogP contribution < -0.4 is 15.5 Å². The molecule has 3 aliphatic heterocycles. The Morgan fingerprint density at radius 1 is 1.24 bits per heavy atom. The summed E-state index contributed by atoms with van der Waals surface area (Å²) in [5.41, 5.74) is 9.11. The minimum absolute atomic E-state index is 0.0113. The van der Waals surface area contributed by atoms with Gasteiger partial charge in [-0.05, 0) is 31.5 Å². The molecule has 1 aromatic carbocycles. The predicted molar refractivity (Wildman–Crippen MR) is 83.6 cm³/mol. The fourth-order valence-corrected chi connectivity index (χ4v) is 3.97. The zero-order valence-electron chi connectivity index (χ0n) is 12.5. The molecular formula is C16H22N4O. The van der Waals surface area contributed by atoms with Crippen LogP contribution in [0.1, 0.15) is 24.4 Å². The molecule has 0 radical (unpaired) electrons. The smallest absolute Gasteiger partial charge is 0.248 e. The van der Waals surface area contributed by atoms with Crippen molar-refractivity contribution >= 4 is 17.3 Å². The fraction of sp³-hybridized carbons (Fsp3) is 0.562. The molecule has 2 N–H and O–H groups in total. The molecule has 21 heavy (non-hydrogen) atoms. The first kappa shape index (κ1) is 13.1. The number of rotatable bonds is 1. The van der Waals surface area contributed by atoms with Crippen LogP contribution in [0.3, 0.4) is 0 Å². The van der Waals surface area contributed by atoms with Crippen LogP contribution in [0.25, 0.3) is 0 Å². The topological polar surface area (TPSA) is 52.8 Å². The molecule has 0 saturated carbocycles. The number of carbonyl (C=O) groups is 1. The van der Waals surface area contributed by atoms with E-state index in [4.69, 9.17) is 5.73 Å². The second kappa shape index (κ2) is 4.71. The van der Waals surface area contributed by atoms with Gasteiger partial charge in [-0.3, -0.25) is 9.69 Å². The number of nitrogens with two attached hydrogens (primary N) is 1. The van der Waals surface area contributed by atoms with Crippen LogP contribution in [-0.4, -0.2) is 50.1 Å². The molecule has 1 amide bonds. The van der Waals surface area contributed by atoms with Gasteiger partial charge in [0.1, 0.15) is 6.04 Å². The zero-order valence-corrected chi connectivity index (χ0v) is 12.5. The number of hydrogen-bond donors (Lipinski definition) is 1. The number of nitrogens with zero attached hydrogens (tertiary/aromatic N) is 3. The Morgan fingerprint density at radius 2 is 2.10 bits per heavy atom. The second-order valence-electron chi connectivity index (χ2n) is 6.40. The molecule has 3 heterocycles. The third kappa shape index (κ3) is 1.95. The highest BCUT2D eigenvalue weighted by molar-refractivity contribution is 6.04. The summed E-state index contributed by atoms with van der Waals surface area (Å²) in [7, 11) is 1.81. The molecule has 0 spiro atoms. The lowest BCUT2D eigenvalue weighted by molar-refractivity contribution is -0.118. The maximum atomic E-state index is 12.0. The molecular weight excluding hydrogens is 264 g/mol. The lowest BCUT2D eigenvalue weighted by Crippen LogP contribution is -2.50. The monoisotopic (exact) mass is 286 g/mol. The van der Waals surface area contributed by atoms with E-state index >= 15 is 0 Å². The van der Waals surface area contributed by atoms with Crippen molar-refractivity contribution in [3.05, 3.63) is 23.8 Å². The van der Waals surface area contributed by atoms with Crippen LogP contribution >= 0.6 is 0 Å². The molecule has 4 rings (SSSR count). The first-order valence-corrected chi connectivity index (χ1v) is 7.81. The van der Waals surface area contributed by atoms with Crippen molar-refractivity contribution in [2.45, 2.75) is 24.9 Å². The van der Waals surface area contributed by atoms with Crippen LogP contribution in [0.5, 0.6) is 0 Å². The molecule has 2 atom stereocenters. The van der Waals surface area contributed by atoms with Crippen LogP contribution in [0.2, 0.25) is 0 Å². The Bertz CT molecular complexity index is 588. The van der Waals surface area contributed by atoms with Gasteiger partial charge in [-0.15, -0.1) is 0 Å². The van der Waals surface area contributed by atoms with Crippen molar-refractivity contribution in [2.75, 3.05) is 43.0 Å². The average molecular weight is 286 g/mol. The largest absolute Gasteiger partial charge is 0.369 e. The Labute approximate surface area is 125 Å². The predicted octanol–water partition coefficient (Wildman–Crippen LogP) is 0.947. The Morgan fingerprint density at radius 3 is 2.95 bits per heavy atom. The molecule has 2 unspecified atom stereocenters. The minimum atomic E-state index is -0.495. The third-order valence-corrected chi connectivity index (χ3v) is 5.26. The van der Waals surface area contributed by atoms with Crippen molar-refractivity contribution in [2.24, 2.45) is 5.73 Å². The lowest BCUT2D eigenvalue weighted by Gasteiger charge is -2.39. The SMILES string of the molecule is CN1C(=O)C(N)c2ccc(N3CCN4CCCC4C3)cc21. The Balaban J connectivity index is 1.61. The summed E-state index contributed by atoms with van der Waals surface area (Å²) < 4.78 is 0. The van der Waals surface area contributed by atoms with E-state index in [1.807, 2.05) is 13.1 Å². The molecule has 5 heteroatoms. The molecule has 0 aromatic heterocycles. The first-order valence-electron chi connectivity index (χ1n) is 7.81.